The van der Waals surface area contributed by atoms with Crippen molar-refractivity contribution in [2.24, 2.45) is 0 Å². The first-order valence-electron chi connectivity index (χ1n) is 6.77. The minimum Gasteiger partial charge on any atom is -0.394 e. The average molecular weight is 259 g/mol. The molecule has 0 aliphatic carbocycles. The fourth-order valence-electron chi connectivity index (χ4n) is 2.19. The maximum atomic E-state index is 9.45. The Bertz CT molecular complexity index is 542. The Morgan fingerprint density at radius 2 is 2.16 bits per heavy atom. The summed E-state index contributed by atoms with van der Waals surface area (Å²) in [7, 11) is 0. The lowest BCUT2D eigenvalue weighted by molar-refractivity contribution is 0.267. The third kappa shape index (κ3) is 3.35. The first-order valence-corrected chi connectivity index (χ1v) is 6.77. The number of para-hydroxylation sites is 1. The van der Waals surface area contributed by atoms with E-state index in [1.54, 1.807) is 0 Å². The van der Waals surface area contributed by atoms with Gasteiger partial charge in [-0.05, 0) is 12.5 Å². The molecule has 0 aliphatic rings. The highest BCUT2D eigenvalue weighted by Gasteiger charge is 2.10. The average Bonchev–Trinajstić information content (AvgIpc) is 2.43. The first kappa shape index (κ1) is 13.6. The van der Waals surface area contributed by atoms with E-state index in [-0.39, 0.29) is 12.6 Å². The van der Waals surface area contributed by atoms with Gasteiger partial charge in [0.25, 0.3) is 0 Å². The van der Waals surface area contributed by atoms with Crippen LogP contribution in [0.5, 0.6) is 0 Å². The third-order valence-electron chi connectivity index (χ3n) is 3.22. The molecule has 1 heterocycles. The summed E-state index contributed by atoms with van der Waals surface area (Å²) in [5.41, 5.74) is 7.64. The van der Waals surface area contributed by atoms with Gasteiger partial charge in [0.05, 0.1) is 12.1 Å². The van der Waals surface area contributed by atoms with Gasteiger partial charge in [0.1, 0.15) is 5.82 Å². The van der Waals surface area contributed by atoms with E-state index in [4.69, 9.17) is 5.73 Å². The number of pyridine rings is 1. The van der Waals surface area contributed by atoms with Crippen LogP contribution >= 0.6 is 0 Å². The zero-order valence-corrected chi connectivity index (χ0v) is 11.3. The summed E-state index contributed by atoms with van der Waals surface area (Å²) >= 11 is 0. The molecule has 0 bridgehead atoms. The van der Waals surface area contributed by atoms with Gasteiger partial charge >= 0.3 is 0 Å². The summed E-state index contributed by atoms with van der Waals surface area (Å²) in [5, 5.41) is 13.9. The highest BCUT2D eigenvalue weighted by atomic mass is 16.3. The van der Waals surface area contributed by atoms with Crippen LogP contribution in [0.4, 0.5) is 11.5 Å². The summed E-state index contributed by atoms with van der Waals surface area (Å²) in [6.07, 6.45) is 3.16. The predicted molar refractivity (Wildman–Crippen MR) is 80.2 cm³/mol. The molecule has 0 aliphatic heterocycles. The summed E-state index contributed by atoms with van der Waals surface area (Å²) in [5.74, 6) is 0.494. The lowest BCUT2D eigenvalue weighted by Crippen LogP contribution is -2.23. The molecule has 0 saturated carbocycles. The number of benzene rings is 1. The molecule has 0 fully saturated rings. The van der Waals surface area contributed by atoms with E-state index in [9.17, 15) is 5.11 Å². The quantitative estimate of drug-likeness (QED) is 0.746. The minimum absolute atomic E-state index is 0.0603. The molecule has 0 unspecified atom stereocenters. The number of nitrogens with one attached hydrogen (secondary N) is 1. The molecule has 4 N–H and O–H groups in total. The van der Waals surface area contributed by atoms with E-state index in [1.807, 2.05) is 30.3 Å². The van der Waals surface area contributed by atoms with Crippen molar-refractivity contribution in [3.63, 3.8) is 0 Å². The van der Waals surface area contributed by atoms with Gasteiger partial charge in [0.2, 0.25) is 0 Å². The standard InChI is InChI=1S/C15H21N3O/c1-2-3-6-11(10-19)17-14-9-15(16)18-13-8-5-4-7-12(13)14/h4-5,7-9,11,19H,2-3,6,10H2,1H3,(H3,16,17,18)/t11-/m0/s1. The van der Waals surface area contributed by atoms with E-state index < -0.39 is 0 Å². The molecular weight excluding hydrogens is 238 g/mol. The van der Waals surface area contributed by atoms with Gasteiger partial charge in [-0.15, -0.1) is 0 Å². The number of nitrogens with two attached hydrogens (primary N) is 1. The Balaban J connectivity index is 2.28. The number of rotatable bonds is 6. The van der Waals surface area contributed by atoms with Gasteiger partial charge in [-0.2, -0.15) is 0 Å². The summed E-state index contributed by atoms with van der Waals surface area (Å²) in [6.45, 7) is 2.27. The maximum Gasteiger partial charge on any atom is 0.126 e. The van der Waals surface area contributed by atoms with Crippen molar-refractivity contribution in [1.82, 2.24) is 4.98 Å². The first-order chi connectivity index (χ1) is 9.24. The number of nitrogens with zero attached hydrogens (tertiary/aromatic N) is 1. The maximum absolute atomic E-state index is 9.45. The summed E-state index contributed by atoms with van der Waals surface area (Å²) in [6, 6.07) is 9.77. The van der Waals surface area contributed by atoms with Crippen LogP contribution in [0.15, 0.2) is 30.3 Å². The van der Waals surface area contributed by atoms with Crippen molar-refractivity contribution in [3.8, 4) is 0 Å². The lowest BCUT2D eigenvalue weighted by atomic mass is 10.1. The topological polar surface area (TPSA) is 71.2 Å². The number of aromatic nitrogens is 1. The number of hydrogen-bond donors (Lipinski definition) is 3. The molecule has 4 heteroatoms. The largest absolute Gasteiger partial charge is 0.394 e. The van der Waals surface area contributed by atoms with Gasteiger partial charge in [-0.1, -0.05) is 38.0 Å². The van der Waals surface area contributed by atoms with Crippen molar-refractivity contribution in [3.05, 3.63) is 30.3 Å². The number of unbranched alkanes of at least 4 members (excludes halogenated alkanes) is 1. The van der Waals surface area contributed by atoms with Gasteiger partial charge in [0, 0.05) is 23.2 Å². The van der Waals surface area contributed by atoms with Gasteiger partial charge in [-0.25, -0.2) is 4.98 Å². The Labute approximate surface area is 113 Å². The number of fused-ring (bicyclic) bond motifs is 1. The van der Waals surface area contributed by atoms with Crippen molar-refractivity contribution in [2.45, 2.75) is 32.2 Å². The van der Waals surface area contributed by atoms with Crippen LogP contribution in [0.1, 0.15) is 26.2 Å². The lowest BCUT2D eigenvalue weighted by Gasteiger charge is -2.19. The third-order valence-corrected chi connectivity index (χ3v) is 3.22. The normalized spacial score (nSPS) is 12.5. The van der Waals surface area contributed by atoms with Gasteiger partial charge in [-0.3, -0.25) is 0 Å². The molecule has 19 heavy (non-hydrogen) atoms. The summed E-state index contributed by atoms with van der Waals surface area (Å²) in [4.78, 5) is 4.31. The van der Waals surface area contributed by atoms with Gasteiger partial charge < -0.3 is 16.2 Å². The molecule has 102 valence electrons. The molecule has 2 aromatic rings. The van der Waals surface area contributed by atoms with E-state index in [0.717, 1.165) is 35.9 Å². The van der Waals surface area contributed by atoms with E-state index in [0.29, 0.717) is 5.82 Å². The molecule has 2 rings (SSSR count). The highest BCUT2D eigenvalue weighted by Crippen LogP contribution is 2.25. The Morgan fingerprint density at radius 1 is 1.37 bits per heavy atom. The molecule has 1 atom stereocenters. The number of aliphatic hydroxyl groups is 1. The fraction of sp³-hybridized carbons (Fsp3) is 0.400. The molecule has 0 saturated heterocycles. The molecule has 0 amide bonds. The van der Waals surface area contributed by atoms with Crippen LogP contribution in [0, 0.1) is 0 Å². The van der Waals surface area contributed by atoms with E-state index >= 15 is 0 Å². The van der Waals surface area contributed by atoms with Gasteiger partial charge in [0.15, 0.2) is 0 Å². The van der Waals surface area contributed by atoms with Crippen LogP contribution < -0.4 is 11.1 Å². The Morgan fingerprint density at radius 3 is 2.89 bits per heavy atom. The SMILES string of the molecule is CCCC[C@@H](CO)Nc1cc(N)nc2ccccc12. The second kappa shape index (κ2) is 6.38. The molecule has 4 nitrogen and oxygen atoms in total. The van der Waals surface area contributed by atoms with E-state index in [1.165, 1.54) is 0 Å². The van der Waals surface area contributed by atoms with Crippen LogP contribution in [-0.4, -0.2) is 22.7 Å². The van der Waals surface area contributed by atoms with Crippen molar-refractivity contribution in [1.29, 1.82) is 0 Å². The zero-order chi connectivity index (χ0) is 13.7. The van der Waals surface area contributed by atoms with Crippen LogP contribution in [0.25, 0.3) is 10.9 Å². The molecule has 1 aromatic heterocycles. The number of hydrogen-bond acceptors (Lipinski definition) is 4. The van der Waals surface area contributed by atoms with Crippen LogP contribution in [-0.2, 0) is 0 Å². The second-order valence-electron chi connectivity index (χ2n) is 4.78. The monoisotopic (exact) mass is 259 g/mol. The molecule has 0 spiro atoms. The fourth-order valence-corrected chi connectivity index (χ4v) is 2.19. The second-order valence-corrected chi connectivity index (χ2v) is 4.78. The molecule has 0 radical (unpaired) electrons. The zero-order valence-electron chi connectivity index (χ0n) is 11.3. The van der Waals surface area contributed by atoms with Crippen LogP contribution in [0.2, 0.25) is 0 Å². The predicted octanol–water partition coefficient (Wildman–Crippen LogP) is 2.78. The van der Waals surface area contributed by atoms with Crippen molar-refractivity contribution >= 4 is 22.4 Å². The Hall–Kier alpha value is -1.81. The number of aliphatic hydroxyl groups excluding tert-OH is 1. The molecular formula is C15H21N3O. The highest BCUT2D eigenvalue weighted by molar-refractivity contribution is 5.92. The van der Waals surface area contributed by atoms with Crippen molar-refractivity contribution < 1.29 is 5.11 Å². The number of anilines is 2. The van der Waals surface area contributed by atoms with Crippen LogP contribution in [0.3, 0.4) is 0 Å². The Kier molecular flexibility index (Phi) is 4.58. The van der Waals surface area contributed by atoms with Crippen molar-refractivity contribution in [2.75, 3.05) is 17.7 Å². The minimum atomic E-state index is 0.0603. The summed E-state index contributed by atoms with van der Waals surface area (Å²) < 4.78 is 0. The smallest absolute Gasteiger partial charge is 0.126 e. The van der Waals surface area contributed by atoms with E-state index in [2.05, 4.69) is 17.2 Å². The number of nitrogen functional groups attached to an aromatic ring is 1. The molecule has 1 aromatic carbocycles.